The normalized spacial score (nSPS) is 11.1. The Morgan fingerprint density at radius 3 is 2.18 bits per heavy atom. The van der Waals surface area contributed by atoms with Crippen LogP contribution in [0.25, 0.3) is 0 Å². The largest absolute Gasteiger partial charge is 0.299 e. The third-order valence-corrected chi connectivity index (χ3v) is 4.07. The minimum Gasteiger partial charge on any atom is -0.276 e. The third kappa shape index (κ3) is 4.27. The molecule has 0 amide bonds. The van der Waals surface area contributed by atoms with Gasteiger partial charge in [-0.2, -0.15) is 8.42 Å². The summed E-state index contributed by atoms with van der Waals surface area (Å²) in [4.78, 5) is 14.5. The molecular formula is C14H13NO6S. The predicted molar refractivity (Wildman–Crippen MR) is 77.2 cm³/mol. The molecule has 2 aromatic rings. The van der Waals surface area contributed by atoms with Crippen LogP contribution in [0.5, 0.6) is 5.75 Å². The number of nitrogens with zero attached hydrogens (tertiary/aromatic N) is 1. The number of benzene rings is 2. The molecule has 0 bridgehead atoms. The molecule has 0 aliphatic carbocycles. The Morgan fingerprint density at radius 2 is 1.64 bits per heavy atom. The maximum atomic E-state index is 12.0. The maximum Gasteiger partial charge on any atom is 0.299 e. The molecule has 0 spiro atoms. The van der Waals surface area contributed by atoms with Gasteiger partial charge in [-0.3, -0.25) is 9.02 Å². The quantitative estimate of drug-likeness (QED) is 0.460. The predicted octanol–water partition coefficient (Wildman–Crippen LogP) is 2.47. The van der Waals surface area contributed by atoms with Gasteiger partial charge in [0.05, 0.1) is 11.5 Å². The summed E-state index contributed by atoms with van der Waals surface area (Å²) in [5.74, 6) is 0.0511. The van der Waals surface area contributed by atoms with Crippen molar-refractivity contribution in [2.75, 3.05) is 0 Å². The lowest BCUT2D eigenvalue weighted by molar-refractivity contribution is -0.711. The Kier molecular flexibility index (Phi) is 4.74. The summed E-state index contributed by atoms with van der Waals surface area (Å²) in [7, 11) is -3.84. The average Bonchev–Trinajstić information content (AvgIpc) is 2.46. The van der Waals surface area contributed by atoms with Crippen molar-refractivity contribution in [3.63, 3.8) is 0 Å². The van der Waals surface area contributed by atoms with Gasteiger partial charge in [0.15, 0.2) is 0 Å². The SMILES string of the molecule is Cc1ccc(S(=O)(=O)OCc2ccc(O[N+](=O)[O-])cc2)cc1. The highest BCUT2D eigenvalue weighted by Gasteiger charge is 2.15. The molecular weight excluding hydrogens is 310 g/mol. The molecule has 0 heterocycles. The van der Waals surface area contributed by atoms with Crippen molar-refractivity contribution in [1.29, 1.82) is 0 Å². The van der Waals surface area contributed by atoms with Crippen LogP contribution in [0.2, 0.25) is 0 Å². The molecule has 7 nitrogen and oxygen atoms in total. The lowest BCUT2D eigenvalue weighted by Crippen LogP contribution is -2.07. The van der Waals surface area contributed by atoms with E-state index in [0.29, 0.717) is 5.56 Å². The molecule has 0 aromatic heterocycles. The van der Waals surface area contributed by atoms with Crippen LogP contribution in [0, 0.1) is 17.0 Å². The molecule has 0 radical (unpaired) electrons. The van der Waals surface area contributed by atoms with Gasteiger partial charge in [0.1, 0.15) is 5.75 Å². The van der Waals surface area contributed by atoms with E-state index in [1.54, 1.807) is 12.1 Å². The minimum absolute atomic E-state index is 0.0511. The van der Waals surface area contributed by atoms with Crippen LogP contribution in [0.4, 0.5) is 0 Å². The zero-order valence-electron chi connectivity index (χ0n) is 11.6. The van der Waals surface area contributed by atoms with Crippen LogP contribution >= 0.6 is 0 Å². The molecule has 0 atom stereocenters. The highest BCUT2D eigenvalue weighted by Crippen LogP contribution is 2.17. The van der Waals surface area contributed by atoms with Crippen LogP contribution in [-0.4, -0.2) is 13.5 Å². The van der Waals surface area contributed by atoms with E-state index in [4.69, 9.17) is 4.18 Å². The Hall–Kier alpha value is -2.45. The van der Waals surface area contributed by atoms with Crippen molar-refractivity contribution in [3.05, 3.63) is 69.8 Å². The summed E-state index contributed by atoms with van der Waals surface area (Å²) >= 11 is 0. The van der Waals surface area contributed by atoms with Crippen LogP contribution < -0.4 is 4.84 Å². The Bertz CT molecular complexity index is 753. The van der Waals surface area contributed by atoms with Crippen LogP contribution in [0.1, 0.15) is 11.1 Å². The highest BCUT2D eigenvalue weighted by atomic mass is 32.2. The number of rotatable bonds is 6. The van der Waals surface area contributed by atoms with E-state index < -0.39 is 15.2 Å². The molecule has 2 aromatic carbocycles. The summed E-state index contributed by atoms with van der Waals surface area (Å²) in [6, 6.07) is 12.0. The first kappa shape index (κ1) is 15.9. The van der Waals surface area contributed by atoms with Gasteiger partial charge in [-0.05, 0) is 36.8 Å². The zero-order valence-corrected chi connectivity index (χ0v) is 12.4. The van der Waals surface area contributed by atoms with Gasteiger partial charge >= 0.3 is 0 Å². The van der Waals surface area contributed by atoms with Gasteiger partial charge in [-0.1, -0.05) is 29.8 Å². The van der Waals surface area contributed by atoms with Gasteiger partial charge in [0, 0.05) is 0 Å². The second-order valence-corrected chi connectivity index (χ2v) is 6.10. The fourth-order valence-electron chi connectivity index (χ4n) is 1.65. The van der Waals surface area contributed by atoms with E-state index in [0.717, 1.165) is 5.56 Å². The molecule has 0 aliphatic heterocycles. The van der Waals surface area contributed by atoms with Crippen molar-refractivity contribution >= 4 is 10.1 Å². The average molecular weight is 323 g/mol. The van der Waals surface area contributed by atoms with E-state index in [9.17, 15) is 18.5 Å². The van der Waals surface area contributed by atoms with Crippen LogP contribution in [-0.2, 0) is 20.9 Å². The van der Waals surface area contributed by atoms with Crippen LogP contribution in [0.3, 0.4) is 0 Å². The van der Waals surface area contributed by atoms with Crippen molar-refractivity contribution < 1.29 is 22.5 Å². The van der Waals surface area contributed by atoms with Gasteiger partial charge < -0.3 is 0 Å². The van der Waals surface area contributed by atoms with Gasteiger partial charge in [-0.15, -0.1) is 10.1 Å². The van der Waals surface area contributed by atoms with Gasteiger partial charge in [-0.25, -0.2) is 0 Å². The smallest absolute Gasteiger partial charge is 0.276 e. The van der Waals surface area contributed by atoms with Gasteiger partial charge in [0.25, 0.3) is 15.2 Å². The fraction of sp³-hybridized carbons (Fsp3) is 0.143. The first-order valence-electron chi connectivity index (χ1n) is 6.24. The van der Waals surface area contributed by atoms with E-state index in [1.807, 2.05) is 6.92 Å². The van der Waals surface area contributed by atoms with E-state index >= 15 is 0 Å². The van der Waals surface area contributed by atoms with E-state index in [2.05, 4.69) is 4.84 Å². The number of hydrogen-bond donors (Lipinski definition) is 0. The van der Waals surface area contributed by atoms with Crippen molar-refractivity contribution in [2.24, 2.45) is 0 Å². The summed E-state index contributed by atoms with van der Waals surface area (Å²) in [6.45, 7) is 1.68. The second kappa shape index (κ2) is 6.54. The summed E-state index contributed by atoms with van der Waals surface area (Å²) in [5.41, 5.74) is 1.49. The third-order valence-electron chi connectivity index (χ3n) is 2.79. The lowest BCUT2D eigenvalue weighted by atomic mass is 10.2. The zero-order chi connectivity index (χ0) is 16.2. The number of aryl methyl sites for hydroxylation is 1. The monoisotopic (exact) mass is 323 g/mol. The topological polar surface area (TPSA) is 95.7 Å². The van der Waals surface area contributed by atoms with Crippen molar-refractivity contribution in [3.8, 4) is 5.75 Å². The highest BCUT2D eigenvalue weighted by molar-refractivity contribution is 7.86. The van der Waals surface area contributed by atoms with Crippen molar-refractivity contribution in [1.82, 2.24) is 0 Å². The first-order valence-corrected chi connectivity index (χ1v) is 7.65. The minimum atomic E-state index is -3.84. The molecule has 22 heavy (non-hydrogen) atoms. The summed E-state index contributed by atoms with van der Waals surface area (Å²) < 4.78 is 28.9. The lowest BCUT2D eigenvalue weighted by Gasteiger charge is -2.06. The maximum absolute atomic E-state index is 12.0. The van der Waals surface area contributed by atoms with Gasteiger partial charge in [0.2, 0.25) is 0 Å². The standard InChI is InChI=1S/C14H13NO6S/c1-11-2-8-14(9-3-11)22(18,19)20-10-12-4-6-13(7-5-12)21-15(16)17/h2-9H,10H2,1H3. The Labute approximate surface area is 127 Å². The molecule has 0 unspecified atom stereocenters. The molecule has 0 aliphatic rings. The molecule has 0 fully saturated rings. The number of hydrogen-bond acceptors (Lipinski definition) is 6. The van der Waals surface area contributed by atoms with E-state index in [-0.39, 0.29) is 17.3 Å². The molecule has 2 rings (SSSR count). The van der Waals surface area contributed by atoms with E-state index in [1.165, 1.54) is 36.4 Å². The second-order valence-electron chi connectivity index (χ2n) is 4.49. The summed E-state index contributed by atoms with van der Waals surface area (Å²) in [5, 5.41) is 9.25. The molecule has 0 saturated carbocycles. The molecule has 8 heteroatoms. The van der Waals surface area contributed by atoms with Crippen LogP contribution in [0.15, 0.2) is 53.4 Å². The molecule has 0 N–H and O–H groups in total. The Balaban J connectivity index is 2.02. The van der Waals surface area contributed by atoms with Crippen molar-refractivity contribution in [2.45, 2.75) is 18.4 Å². The Morgan fingerprint density at radius 1 is 1.05 bits per heavy atom. The first-order chi connectivity index (χ1) is 10.4. The fourth-order valence-corrected chi connectivity index (χ4v) is 2.55. The molecule has 116 valence electrons. The summed E-state index contributed by atoms with van der Waals surface area (Å²) in [6.07, 6.45) is 0. The molecule has 0 saturated heterocycles.